The number of hydrogen-bond acceptors (Lipinski definition) is 17. The van der Waals surface area contributed by atoms with Crippen molar-refractivity contribution in [2.24, 2.45) is 9.98 Å². The quantitative estimate of drug-likeness (QED) is 0.0313. The van der Waals surface area contributed by atoms with Crippen LogP contribution in [0.4, 0.5) is 22.7 Å². The maximum absolute atomic E-state index is 13.3. The summed E-state index contributed by atoms with van der Waals surface area (Å²) in [6.07, 6.45) is 3.08. The van der Waals surface area contributed by atoms with Gasteiger partial charge in [0.15, 0.2) is 46.0 Å². The Morgan fingerprint density at radius 1 is 0.388 bits per heavy atom. The summed E-state index contributed by atoms with van der Waals surface area (Å²) >= 11 is 26.9. The monoisotopic (exact) mass is 1390 g/mol. The Kier molecular flexibility index (Phi) is 21.3. The summed E-state index contributed by atoms with van der Waals surface area (Å²) in [4.78, 5) is 36.3. The lowest BCUT2D eigenvalue weighted by molar-refractivity contribution is -0.115. The molecule has 0 bridgehead atoms. The molecule has 13 rings (SSSR count). The number of benzene rings is 10. The number of aryl methyl sites for hydroxylation is 3. The Balaban J connectivity index is 0.000000189. The van der Waals surface area contributed by atoms with Gasteiger partial charge in [0.1, 0.15) is 82.3 Å². The molecule has 10 aromatic carbocycles. The maximum atomic E-state index is 13.3. The second-order valence-electron chi connectivity index (χ2n) is 22.9. The minimum absolute atomic E-state index is 0.0620. The Hall–Kier alpha value is -10.3. The molecule has 21 heteroatoms. The molecule has 2 heterocycles. The normalized spacial score (nSPS) is 12.6. The average Bonchev–Trinajstić information content (AvgIpc) is 0.733. The van der Waals surface area contributed by atoms with Crippen LogP contribution in [0.2, 0.25) is 10.0 Å². The minimum atomic E-state index is -0.624. The molecular weight excluding hydrogens is 1330 g/mol. The van der Waals surface area contributed by atoms with Gasteiger partial charge in [-0.3, -0.25) is 9.59 Å². The summed E-state index contributed by atoms with van der Waals surface area (Å²) in [5.74, 6) is 5.94. The van der Waals surface area contributed by atoms with Crippen LogP contribution < -0.4 is 73.5 Å². The third kappa shape index (κ3) is 15.6. The van der Waals surface area contributed by atoms with E-state index in [9.17, 15) is 9.59 Å². The molecule has 0 aromatic heterocycles. The zero-order valence-electron chi connectivity index (χ0n) is 54.2. The molecule has 0 saturated heterocycles. The highest BCUT2D eigenvalue weighted by Gasteiger charge is 2.35. The summed E-state index contributed by atoms with van der Waals surface area (Å²) in [5, 5.41) is 10.1. The van der Waals surface area contributed by atoms with E-state index >= 15 is 0 Å². The molecular formula is C77H66Cl4N4O13. The van der Waals surface area contributed by atoms with Gasteiger partial charge < -0.3 is 62.7 Å². The molecule has 3 aliphatic rings. The van der Waals surface area contributed by atoms with Crippen LogP contribution >= 0.6 is 46.4 Å². The van der Waals surface area contributed by atoms with Crippen molar-refractivity contribution in [2.75, 3.05) is 65.2 Å². The van der Waals surface area contributed by atoms with Crippen LogP contribution in [-0.4, -0.2) is 66.1 Å². The summed E-state index contributed by atoms with van der Waals surface area (Å²) in [6.45, 7) is 8.00. The molecule has 2 N–H and O–H groups in total. The number of fused-ring (bicyclic) bond motifs is 7. The van der Waals surface area contributed by atoms with E-state index in [-0.39, 0.29) is 44.0 Å². The smallest absolute Gasteiger partial charge is 0.231 e. The van der Waals surface area contributed by atoms with Crippen LogP contribution in [0.3, 0.4) is 0 Å². The third-order valence-electron chi connectivity index (χ3n) is 16.0. The Bertz CT molecular complexity index is 4880. The van der Waals surface area contributed by atoms with Gasteiger partial charge in [-0.15, -0.1) is 0 Å². The van der Waals surface area contributed by atoms with Crippen molar-refractivity contribution in [3.63, 3.8) is 0 Å². The molecule has 1 aliphatic carbocycles. The van der Waals surface area contributed by atoms with Gasteiger partial charge in [-0.2, -0.15) is 0 Å². The molecule has 10 aromatic rings. The van der Waals surface area contributed by atoms with Crippen LogP contribution in [-0.2, 0) is 9.59 Å². The number of nitrogens with zero attached hydrogens (tertiary/aromatic N) is 2. The number of rotatable bonds is 25. The third-order valence-corrected chi connectivity index (χ3v) is 17.4. The lowest BCUT2D eigenvalue weighted by Gasteiger charge is -2.22. The standard InChI is InChI=1S/C42H34Cl2N2O7.C35H32Cl2N2O6/c1-24-6-11-27(12-7-24)48-18-4-5-19-49-34-21-32-33(22-35(34)51-23-50-28-13-8-25(2)9-14-28)52-41-36(43)39-42(37(44)38(41)46-32)53-40-30-16-15-29(47-3)20-26(30)10-17-31(40)45-39;1-21-6-12-26(13-7-21)44-16-4-5-17-45-29-20-25(11-15-28(29)43-3)39-33-31(37)34(40)32(30(36)35(33)41)38-24-10-8-23-19-27(42-2)14-9-22(23)18-24/h6-17,20-22H,4-5,18-19,23H2,1-3H3;6-15,18-20,38-39H,4-5,16-17H2,1-3H3. The molecule has 98 heavy (non-hydrogen) atoms. The van der Waals surface area contributed by atoms with Crippen molar-refractivity contribution >= 4 is 102 Å². The first-order valence-corrected chi connectivity index (χ1v) is 32.9. The minimum Gasteiger partial charge on any atom is -0.497 e. The zero-order valence-corrected chi connectivity index (χ0v) is 57.3. The van der Waals surface area contributed by atoms with Crippen molar-refractivity contribution in [1.82, 2.24) is 0 Å². The molecule has 0 amide bonds. The second kappa shape index (κ2) is 30.8. The molecule has 17 nitrogen and oxygen atoms in total. The molecule has 0 atom stereocenters. The van der Waals surface area contributed by atoms with E-state index in [4.69, 9.17) is 108 Å². The van der Waals surface area contributed by atoms with Crippen molar-refractivity contribution in [3.05, 3.63) is 229 Å². The molecule has 0 spiro atoms. The number of ketones is 2. The molecule has 0 unspecified atom stereocenters. The molecule has 500 valence electrons. The zero-order chi connectivity index (χ0) is 68.4. The number of Topliss-reactive ketones (excluding diaryl/α,β-unsaturated/α-hetero) is 2. The van der Waals surface area contributed by atoms with Crippen molar-refractivity contribution in [1.29, 1.82) is 0 Å². The number of unbranched alkanes of at least 4 members (excludes halogenated alkanes) is 2. The van der Waals surface area contributed by atoms with E-state index in [0.29, 0.717) is 106 Å². The van der Waals surface area contributed by atoms with Crippen LogP contribution in [0.15, 0.2) is 201 Å². The summed E-state index contributed by atoms with van der Waals surface area (Å²) in [5.41, 5.74) is 5.39. The van der Waals surface area contributed by atoms with Crippen LogP contribution in [0.5, 0.6) is 74.7 Å². The van der Waals surface area contributed by atoms with Crippen molar-refractivity contribution < 1.29 is 61.7 Å². The van der Waals surface area contributed by atoms with Gasteiger partial charge in [-0.05, 0) is 160 Å². The van der Waals surface area contributed by atoms with Gasteiger partial charge in [0, 0.05) is 35.0 Å². The van der Waals surface area contributed by atoms with Gasteiger partial charge >= 0.3 is 0 Å². The number of nitrogens with one attached hydrogen (secondary N) is 2. The Morgan fingerprint density at radius 3 is 1.41 bits per heavy atom. The first-order chi connectivity index (χ1) is 47.6. The van der Waals surface area contributed by atoms with Crippen LogP contribution in [0, 0.1) is 20.8 Å². The highest BCUT2D eigenvalue weighted by molar-refractivity contribution is 6.56. The summed E-state index contributed by atoms with van der Waals surface area (Å²) in [6, 6.07) is 52.8. The largest absolute Gasteiger partial charge is 0.497 e. The number of ether oxygens (including phenoxy) is 11. The Morgan fingerprint density at radius 2 is 0.837 bits per heavy atom. The second-order valence-corrected chi connectivity index (χ2v) is 24.4. The summed E-state index contributed by atoms with van der Waals surface area (Å²) in [7, 11) is 4.77. The van der Waals surface area contributed by atoms with Gasteiger partial charge in [0.05, 0.1) is 47.8 Å². The fourth-order valence-corrected chi connectivity index (χ4v) is 11.6. The molecule has 0 saturated carbocycles. The number of anilines is 2. The van der Waals surface area contributed by atoms with E-state index in [1.54, 1.807) is 57.7 Å². The topological polar surface area (TPSA) is 184 Å². The van der Waals surface area contributed by atoms with Crippen LogP contribution in [0.1, 0.15) is 42.4 Å². The lowest BCUT2D eigenvalue weighted by atomic mass is 10.0. The van der Waals surface area contributed by atoms with Crippen molar-refractivity contribution in [2.45, 2.75) is 46.5 Å². The Labute approximate surface area is 585 Å². The average molecular weight is 1400 g/mol. The maximum Gasteiger partial charge on any atom is 0.231 e. The van der Waals surface area contributed by atoms with Gasteiger partial charge in [-0.1, -0.05) is 118 Å². The molecule has 2 aliphatic heterocycles. The highest BCUT2D eigenvalue weighted by atomic mass is 35.5. The number of allylic oxidation sites excluding steroid dienone is 2. The van der Waals surface area contributed by atoms with E-state index in [2.05, 4.69) is 10.6 Å². The van der Waals surface area contributed by atoms with Gasteiger partial charge in [-0.25, -0.2) is 9.98 Å². The number of carbonyl (C=O) groups is 2. The van der Waals surface area contributed by atoms with E-state index in [1.165, 1.54) is 11.1 Å². The van der Waals surface area contributed by atoms with Crippen LogP contribution in [0.25, 0.3) is 21.5 Å². The predicted molar refractivity (Wildman–Crippen MR) is 382 cm³/mol. The number of halogens is 4. The molecule has 0 fully saturated rings. The van der Waals surface area contributed by atoms with E-state index in [0.717, 1.165) is 75.8 Å². The lowest BCUT2D eigenvalue weighted by Crippen LogP contribution is -2.27. The highest BCUT2D eigenvalue weighted by Crippen LogP contribution is 2.48. The fourth-order valence-electron chi connectivity index (χ4n) is 10.6. The fraction of sp³-hybridized carbons (Fsp3) is 0.195. The summed E-state index contributed by atoms with van der Waals surface area (Å²) < 4.78 is 64.8. The predicted octanol–water partition coefficient (Wildman–Crippen LogP) is 18.5. The first-order valence-electron chi connectivity index (χ1n) is 31.4. The SMILES string of the molecule is COc1ccc2c3c(ccc2c1)N=c1c(Cl)c2c(c(Cl)c1O3)=Nc1cc(OCCCCOc3ccc(C)cc3)c(OCOc3ccc(C)cc3)cc1O2.COc1ccc2cc(NC3=C(Cl)C(=O)C(Nc4ccc(OC)c(OCCCCOc5ccc(C)cc5)c4)=C(Cl)C3=O)ccc2c1. The molecule has 0 radical (unpaired) electrons. The number of methoxy groups -OCH3 is 3. The van der Waals surface area contributed by atoms with Gasteiger partial charge in [0.25, 0.3) is 0 Å². The van der Waals surface area contributed by atoms with E-state index in [1.807, 2.05) is 154 Å². The number of carbonyl (C=O) groups excluding carboxylic acids is 2. The first kappa shape index (κ1) is 67.7. The van der Waals surface area contributed by atoms with Crippen molar-refractivity contribution in [3.8, 4) is 74.7 Å². The van der Waals surface area contributed by atoms with E-state index < -0.39 is 11.6 Å². The number of hydrogen-bond donors (Lipinski definition) is 2. The van der Waals surface area contributed by atoms with Gasteiger partial charge in [0.2, 0.25) is 18.4 Å².